The number of hydrogen-bond donors (Lipinski definition) is 1. The first-order chi connectivity index (χ1) is 9.95. The second kappa shape index (κ2) is 7.39. The number of rotatable bonds is 6. The number of aromatic nitrogens is 1. The molecular weight excluding hydrogens is 300 g/mol. The van der Waals surface area contributed by atoms with Gasteiger partial charge in [-0.1, -0.05) is 51.4 Å². The smallest absolute Gasteiger partial charge is 0.0975 e. The average Bonchev–Trinajstić information content (AvgIpc) is 2.79. The zero-order valence-corrected chi connectivity index (χ0v) is 14.7. The van der Waals surface area contributed by atoms with Crippen LogP contribution in [0.4, 0.5) is 0 Å². The van der Waals surface area contributed by atoms with Gasteiger partial charge in [0, 0.05) is 28.9 Å². The zero-order chi connectivity index (χ0) is 15.4. The minimum atomic E-state index is 0.457. The van der Waals surface area contributed by atoms with E-state index in [0.717, 1.165) is 18.0 Å². The van der Waals surface area contributed by atoms with Crippen molar-refractivity contribution in [2.24, 2.45) is 0 Å². The molecule has 1 aromatic heterocycles. The third-order valence-corrected chi connectivity index (χ3v) is 4.54. The van der Waals surface area contributed by atoms with Crippen molar-refractivity contribution < 1.29 is 0 Å². The molecule has 2 aromatic rings. The summed E-state index contributed by atoms with van der Waals surface area (Å²) in [5.41, 5.74) is 2.44. The summed E-state index contributed by atoms with van der Waals surface area (Å²) in [5, 5.41) is 5.45. The lowest BCUT2D eigenvalue weighted by Gasteiger charge is -2.09. The van der Waals surface area contributed by atoms with E-state index in [1.807, 2.05) is 29.5 Å². The van der Waals surface area contributed by atoms with Crippen LogP contribution in [0.25, 0.3) is 0 Å². The average molecular weight is 323 g/mol. The Morgan fingerprint density at radius 3 is 2.62 bits per heavy atom. The quantitative estimate of drug-likeness (QED) is 0.808. The molecule has 1 heterocycles. The summed E-state index contributed by atoms with van der Waals surface area (Å²) >= 11 is 7.87. The molecule has 0 spiro atoms. The van der Waals surface area contributed by atoms with Gasteiger partial charge in [-0.3, -0.25) is 0 Å². The molecule has 2 rings (SSSR count). The summed E-state index contributed by atoms with van der Waals surface area (Å²) in [6.45, 7) is 9.65. The van der Waals surface area contributed by atoms with Gasteiger partial charge in [-0.2, -0.15) is 0 Å². The van der Waals surface area contributed by atoms with Crippen LogP contribution in [-0.2, 0) is 13.0 Å². The fraction of sp³-hybridized carbons (Fsp3) is 0.471. The summed E-state index contributed by atoms with van der Waals surface area (Å²) in [6.07, 6.45) is 0.854. The Kier molecular flexibility index (Phi) is 5.80. The molecule has 1 N–H and O–H groups in total. The highest BCUT2D eigenvalue weighted by molar-refractivity contribution is 7.11. The molecule has 0 bridgehead atoms. The van der Waals surface area contributed by atoms with Gasteiger partial charge in [0.15, 0.2) is 0 Å². The normalized spacial score (nSPS) is 11.6. The van der Waals surface area contributed by atoms with Crippen LogP contribution in [0.1, 0.15) is 54.8 Å². The molecule has 0 aliphatic carbocycles. The van der Waals surface area contributed by atoms with Crippen molar-refractivity contribution in [2.75, 3.05) is 0 Å². The van der Waals surface area contributed by atoms with Crippen LogP contribution in [-0.4, -0.2) is 11.0 Å². The van der Waals surface area contributed by atoms with Gasteiger partial charge in [-0.15, -0.1) is 11.3 Å². The molecule has 0 unspecified atom stereocenters. The number of nitrogens with zero attached hydrogens (tertiary/aromatic N) is 1. The van der Waals surface area contributed by atoms with Gasteiger partial charge in [0.1, 0.15) is 0 Å². The van der Waals surface area contributed by atoms with Gasteiger partial charge in [0.2, 0.25) is 0 Å². The molecule has 0 radical (unpaired) electrons. The van der Waals surface area contributed by atoms with E-state index in [1.165, 1.54) is 21.1 Å². The Hall–Kier alpha value is -0.900. The third-order valence-electron chi connectivity index (χ3n) is 3.23. The van der Waals surface area contributed by atoms with Crippen molar-refractivity contribution >= 4 is 22.9 Å². The van der Waals surface area contributed by atoms with E-state index in [4.69, 9.17) is 16.6 Å². The minimum Gasteiger partial charge on any atom is -0.310 e. The molecule has 114 valence electrons. The van der Waals surface area contributed by atoms with E-state index in [2.05, 4.69) is 39.1 Å². The highest BCUT2D eigenvalue weighted by Crippen LogP contribution is 2.27. The Morgan fingerprint density at radius 2 is 2.00 bits per heavy atom. The predicted octanol–water partition coefficient (Wildman–Crippen LogP) is 5.01. The van der Waals surface area contributed by atoms with Crippen LogP contribution >= 0.6 is 22.9 Å². The molecule has 4 heteroatoms. The van der Waals surface area contributed by atoms with Crippen molar-refractivity contribution in [1.82, 2.24) is 10.3 Å². The van der Waals surface area contributed by atoms with Gasteiger partial charge >= 0.3 is 0 Å². The molecule has 0 atom stereocenters. The van der Waals surface area contributed by atoms with Crippen molar-refractivity contribution in [3.63, 3.8) is 0 Å². The van der Waals surface area contributed by atoms with Crippen LogP contribution in [0.5, 0.6) is 0 Å². The topological polar surface area (TPSA) is 24.9 Å². The predicted molar refractivity (Wildman–Crippen MR) is 92.4 cm³/mol. The fourth-order valence-electron chi connectivity index (χ4n) is 2.19. The Labute approximate surface area is 136 Å². The van der Waals surface area contributed by atoms with Crippen molar-refractivity contribution in [1.29, 1.82) is 0 Å². The molecule has 0 saturated carbocycles. The van der Waals surface area contributed by atoms with Gasteiger partial charge in [-0.25, -0.2) is 4.98 Å². The number of nitrogens with one attached hydrogen (secondary N) is 1. The molecule has 1 aromatic carbocycles. The number of hydrogen-bond acceptors (Lipinski definition) is 3. The fourth-order valence-corrected chi connectivity index (χ4v) is 3.61. The highest BCUT2D eigenvalue weighted by atomic mass is 35.5. The Balaban J connectivity index is 2.18. The summed E-state index contributed by atoms with van der Waals surface area (Å²) in [4.78, 5) is 6.21. The largest absolute Gasteiger partial charge is 0.310 e. The maximum absolute atomic E-state index is 6.06. The van der Waals surface area contributed by atoms with Crippen LogP contribution in [0.2, 0.25) is 5.02 Å². The van der Waals surface area contributed by atoms with E-state index in [0.29, 0.717) is 12.0 Å². The summed E-state index contributed by atoms with van der Waals surface area (Å²) in [5.74, 6) is 0.457. The monoisotopic (exact) mass is 322 g/mol. The molecule has 0 aliphatic heterocycles. The van der Waals surface area contributed by atoms with E-state index >= 15 is 0 Å². The zero-order valence-electron chi connectivity index (χ0n) is 13.1. The van der Waals surface area contributed by atoms with Crippen molar-refractivity contribution in [3.05, 3.63) is 50.4 Å². The van der Waals surface area contributed by atoms with E-state index < -0.39 is 0 Å². The lowest BCUT2D eigenvalue weighted by Crippen LogP contribution is -2.22. The molecule has 21 heavy (non-hydrogen) atoms. The number of thiazole rings is 1. The Bertz CT molecular complexity index is 590. The molecular formula is C17H23ClN2S. The van der Waals surface area contributed by atoms with Crippen LogP contribution in [0, 0.1) is 0 Å². The van der Waals surface area contributed by atoms with Gasteiger partial charge in [0.05, 0.1) is 10.7 Å². The first-order valence-electron chi connectivity index (χ1n) is 7.42. The van der Waals surface area contributed by atoms with E-state index in [1.54, 1.807) is 0 Å². The molecule has 2 nitrogen and oxygen atoms in total. The summed E-state index contributed by atoms with van der Waals surface area (Å²) in [6, 6.07) is 8.52. The van der Waals surface area contributed by atoms with Crippen molar-refractivity contribution in [2.45, 2.75) is 52.6 Å². The molecule has 0 fully saturated rings. The molecule has 0 saturated heterocycles. The summed E-state index contributed by atoms with van der Waals surface area (Å²) in [7, 11) is 0. The van der Waals surface area contributed by atoms with Crippen LogP contribution < -0.4 is 5.32 Å². The maximum Gasteiger partial charge on any atom is 0.0975 e. The molecule has 0 amide bonds. The number of halogens is 1. The van der Waals surface area contributed by atoms with E-state index in [9.17, 15) is 0 Å². The summed E-state index contributed by atoms with van der Waals surface area (Å²) < 4.78 is 0. The Morgan fingerprint density at radius 1 is 1.24 bits per heavy atom. The standard InChI is InChI=1S/C17H23ClN2S/c1-11(2)17-15(10-19-12(3)4)21-16(20-17)9-13-6-5-7-14(18)8-13/h5-8,11-12,19H,9-10H2,1-4H3. The van der Waals surface area contributed by atoms with Gasteiger partial charge in [0.25, 0.3) is 0 Å². The maximum atomic E-state index is 6.06. The number of benzene rings is 1. The minimum absolute atomic E-state index is 0.457. The van der Waals surface area contributed by atoms with Gasteiger partial charge < -0.3 is 5.32 Å². The van der Waals surface area contributed by atoms with Crippen LogP contribution in [0.15, 0.2) is 24.3 Å². The third kappa shape index (κ3) is 4.80. The first kappa shape index (κ1) is 16.5. The van der Waals surface area contributed by atoms with Crippen LogP contribution in [0.3, 0.4) is 0 Å². The first-order valence-corrected chi connectivity index (χ1v) is 8.61. The van der Waals surface area contributed by atoms with Crippen molar-refractivity contribution in [3.8, 4) is 0 Å². The second-order valence-corrected chi connectivity index (χ2v) is 7.52. The second-order valence-electron chi connectivity index (χ2n) is 5.91. The SMILES string of the molecule is CC(C)NCc1sc(Cc2cccc(Cl)c2)nc1C(C)C. The lowest BCUT2D eigenvalue weighted by atomic mass is 10.1. The van der Waals surface area contributed by atoms with Gasteiger partial charge in [-0.05, 0) is 23.6 Å². The highest BCUT2D eigenvalue weighted by Gasteiger charge is 2.14. The lowest BCUT2D eigenvalue weighted by molar-refractivity contribution is 0.588. The van der Waals surface area contributed by atoms with E-state index in [-0.39, 0.29) is 0 Å². The molecule has 0 aliphatic rings.